The first-order chi connectivity index (χ1) is 36.3. The lowest BCUT2D eigenvalue weighted by Gasteiger charge is -2.38. The van der Waals surface area contributed by atoms with Crippen molar-refractivity contribution in [3.8, 4) is 0 Å². The highest BCUT2D eigenvalue weighted by Gasteiger charge is 2.41. The number of piperidine rings is 1. The van der Waals surface area contributed by atoms with E-state index in [1.165, 1.54) is 78.4 Å². The molecule has 428 valence electrons. The van der Waals surface area contributed by atoms with E-state index in [-0.39, 0.29) is 55.8 Å². The Morgan fingerprint density at radius 1 is 0.571 bits per heavy atom. The first kappa shape index (κ1) is 65.3. The van der Waals surface area contributed by atoms with Gasteiger partial charge in [-0.2, -0.15) is 11.8 Å². The Kier molecular flexibility index (Phi) is 26.6. The molecule has 0 bridgehead atoms. The molecule has 3 rings (SSSR count). The summed E-state index contributed by atoms with van der Waals surface area (Å²) in [5.74, 6) is -4.56. The fourth-order valence-electron chi connectivity index (χ4n) is 9.47. The topological polar surface area (TPSA) is 221 Å². The van der Waals surface area contributed by atoms with Crippen LogP contribution in [0.1, 0.15) is 98.1 Å². The molecule has 77 heavy (non-hydrogen) atoms. The third-order valence-corrected chi connectivity index (χ3v) is 15.1. The Hall–Kier alpha value is -6.02. The van der Waals surface area contributed by atoms with Gasteiger partial charge in [-0.25, -0.2) is 0 Å². The van der Waals surface area contributed by atoms with Crippen molar-refractivity contribution in [3.05, 3.63) is 71.8 Å². The number of likely N-dealkylation sites (tertiary alicyclic amines) is 1. The van der Waals surface area contributed by atoms with Crippen molar-refractivity contribution >= 4 is 64.9 Å². The molecular weight excluding hydrogens is 1000 g/mol. The minimum absolute atomic E-state index is 0.0265. The lowest BCUT2D eigenvalue weighted by molar-refractivity contribution is -0.153. The molecule has 19 nitrogen and oxygen atoms in total. The SMILES string of the molecule is CCC(=O)N(C)[C@@H](Cc1ccccc1)C(=O)N(C)C(C)C(=O)N(C)[C@@H](Cc1ccccc1)C(=O)N(C)C(CC(C)C)C(=O)NC(C(=O)N(C)CC(=O)N(C)[C@@H](CC(C)C)C(=O)N[C@@H](CSC)C(=O)N1CCCCC1)[C@@H](C)O. The molecule has 3 N–H and O–H groups in total. The van der Waals surface area contributed by atoms with E-state index in [9.17, 15) is 48.3 Å². The van der Waals surface area contributed by atoms with Crippen LogP contribution < -0.4 is 10.6 Å². The highest BCUT2D eigenvalue weighted by Crippen LogP contribution is 2.21. The van der Waals surface area contributed by atoms with Crippen LogP contribution in [0.2, 0.25) is 0 Å². The number of benzene rings is 2. The van der Waals surface area contributed by atoms with Crippen molar-refractivity contribution in [1.82, 2.24) is 44.9 Å². The minimum atomic E-state index is -1.57. The molecule has 0 aliphatic carbocycles. The van der Waals surface area contributed by atoms with Gasteiger partial charge in [-0.15, -0.1) is 0 Å². The Morgan fingerprint density at radius 2 is 1.01 bits per heavy atom. The van der Waals surface area contributed by atoms with Crippen LogP contribution in [0.25, 0.3) is 0 Å². The average Bonchev–Trinajstić information content (AvgIpc) is 3.41. The summed E-state index contributed by atoms with van der Waals surface area (Å²) in [6.45, 7) is 12.8. The Morgan fingerprint density at radius 3 is 1.48 bits per heavy atom. The van der Waals surface area contributed by atoms with Gasteiger partial charge in [0.05, 0.1) is 12.6 Å². The van der Waals surface area contributed by atoms with E-state index >= 15 is 0 Å². The second-order valence-corrected chi connectivity index (χ2v) is 22.3. The quantitative estimate of drug-likeness (QED) is 0.112. The number of amides is 9. The molecule has 2 aromatic carbocycles. The molecule has 8 atom stereocenters. The molecule has 2 aromatic rings. The fraction of sp³-hybridized carbons (Fsp3) is 0.632. The summed E-state index contributed by atoms with van der Waals surface area (Å²) >= 11 is 1.43. The number of nitrogens with one attached hydrogen (secondary N) is 2. The number of likely N-dealkylation sites (N-methyl/N-ethyl adjacent to an activating group) is 6. The molecule has 20 heteroatoms. The number of rotatable bonds is 28. The predicted molar refractivity (Wildman–Crippen MR) is 300 cm³/mol. The molecular formula is C57H89N9O10S. The normalized spacial score (nSPS) is 15.6. The standard InChI is InChI=1S/C57H89N9O10S/c1-15-48(68)63(11)46(33-41-25-19-16-20-26-41)55(74)61(9)39(6)53(72)65(13)47(34-42-27-21-17-22-28-42)56(75)64(12)45(32-38(4)5)52(71)59-50(40(7)67)57(76)60(8)35-49(69)62(10)44(31-37(2)3)51(70)58-43(36-77-14)54(73)66-29-23-18-24-30-66/h16-17,19-22,25-28,37-40,43-47,50,67H,15,18,23-24,29-36H2,1-14H3,(H,58,70)(H,59,71)/t39?,40-,43+,44+,45?,46+,47+,50?/m1/s1. The number of thioether (sulfide) groups is 1. The van der Waals surface area contributed by atoms with Crippen LogP contribution in [0.3, 0.4) is 0 Å². The van der Waals surface area contributed by atoms with E-state index in [1.54, 1.807) is 37.9 Å². The fourth-order valence-corrected chi connectivity index (χ4v) is 10.0. The van der Waals surface area contributed by atoms with Crippen molar-refractivity contribution in [2.24, 2.45) is 11.8 Å². The highest BCUT2D eigenvalue weighted by atomic mass is 32.2. The van der Waals surface area contributed by atoms with Crippen LogP contribution in [0, 0.1) is 11.8 Å². The lowest BCUT2D eigenvalue weighted by Crippen LogP contribution is -2.61. The minimum Gasteiger partial charge on any atom is -0.391 e. The molecule has 1 fully saturated rings. The van der Waals surface area contributed by atoms with Gasteiger partial charge in [0.2, 0.25) is 53.2 Å². The van der Waals surface area contributed by atoms with Gasteiger partial charge in [0, 0.05) is 80.4 Å². The van der Waals surface area contributed by atoms with Crippen molar-refractivity contribution < 1.29 is 48.3 Å². The first-order valence-corrected chi connectivity index (χ1v) is 28.4. The number of aliphatic hydroxyl groups is 1. The zero-order chi connectivity index (χ0) is 57.8. The Balaban J connectivity index is 1.88. The van der Waals surface area contributed by atoms with Crippen molar-refractivity contribution in [2.75, 3.05) is 73.9 Å². The smallest absolute Gasteiger partial charge is 0.248 e. The summed E-state index contributed by atoms with van der Waals surface area (Å²) in [4.78, 5) is 136. The number of hydrogen-bond acceptors (Lipinski definition) is 11. The van der Waals surface area contributed by atoms with E-state index in [2.05, 4.69) is 10.6 Å². The molecule has 9 amide bonds. The summed E-state index contributed by atoms with van der Waals surface area (Å²) in [7, 11) is 8.77. The second-order valence-electron chi connectivity index (χ2n) is 21.4. The van der Waals surface area contributed by atoms with Gasteiger partial charge >= 0.3 is 0 Å². The van der Waals surface area contributed by atoms with E-state index < -0.39 is 96.3 Å². The lowest BCUT2D eigenvalue weighted by atomic mass is 9.98. The Labute approximate surface area is 462 Å². The van der Waals surface area contributed by atoms with Crippen LogP contribution in [-0.4, -0.2) is 215 Å². The number of carbonyl (C=O) groups excluding carboxylic acids is 9. The van der Waals surface area contributed by atoms with E-state index in [4.69, 9.17) is 0 Å². The van der Waals surface area contributed by atoms with Gasteiger partial charge < -0.3 is 50.0 Å². The summed E-state index contributed by atoms with van der Waals surface area (Å²) in [6, 6.07) is 10.5. The van der Waals surface area contributed by atoms with Crippen LogP contribution in [-0.2, 0) is 56.0 Å². The maximum atomic E-state index is 15.0. The largest absolute Gasteiger partial charge is 0.391 e. The van der Waals surface area contributed by atoms with Gasteiger partial charge in [0.25, 0.3) is 0 Å². The van der Waals surface area contributed by atoms with Crippen molar-refractivity contribution in [1.29, 1.82) is 0 Å². The summed E-state index contributed by atoms with van der Waals surface area (Å²) < 4.78 is 0. The number of aliphatic hydroxyl groups excluding tert-OH is 1. The molecule has 1 aliphatic heterocycles. The van der Waals surface area contributed by atoms with Crippen LogP contribution in [0.4, 0.5) is 0 Å². The average molecular weight is 1090 g/mol. The van der Waals surface area contributed by atoms with Crippen molar-refractivity contribution in [2.45, 2.75) is 148 Å². The number of hydrogen-bond donors (Lipinski definition) is 3. The van der Waals surface area contributed by atoms with Gasteiger partial charge in [0.1, 0.15) is 42.3 Å². The van der Waals surface area contributed by atoms with Crippen LogP contribution in [0.15, 0.2) is 60.7 Å². The van der Waals surface area contributed by atoms with Gasteiger partial charge in [-0.05, 0) is 75.2 Å². The molecule has 1 heterocycles. The third kappa shape index (κ3) is 18.9. The molecule has 0 aromatic heterocycles. The molecule has 1 aliphatic rings. The first-order valence-electron chi connectivity index (χ1n) is 27.0. The van der Waals surface area contributed by atoms with Gasteiger partial charge in [-0.3, -0.25) is 43.2 Å². The summed E-state index contributed by atoms with van der Waals surface area (Å²) in [5, 5.41) is 16.6. The molecule has 0 spiro atoms. The third-order valence-electron chi connectivity index (χ3n) is 14.5. The monoisotopic (exact) mass is 1090 g/mol. The maximum absolute atomic E-state index is 15.0. The van der Waals surface area contributed by atoms with Crippen LogP contribution in [0.5, 0.6) is 0 Å². The predicted octanol–water partition coefficient (Wildman–Crippen LogP) is 3.31. The van der Waals surface area contributed by atoms with Crippen molar-refractivity contribution in [3.63, 3.8) is 0 Å². The van der Waals surface area contributed by atoms with Gasteiger partial charge in [-0.1, -0.05) is 95.3 Å². The Bertz CT molecular complexity index is 2280. The van der Waals surface area contributed by atoms with E-state index in [0.717, 1.165) is 29.7 Å². The number of carbonyl (C=O) groups is 9. The van der Waals surface area contributed by atoms with E-state index in [0.29, 0.717) is 24.4 Å². The zero-order valence-corrected chi connectivity index (χ0v) is 49.0. The summed E-state index contributed by atoms with van der Waals surface area (Å²) in [5.41, 5.74) is 1.54. The van der Waals surface area contributed by atoms with Crippen LogP contribution >= 0.6 is 11.8 Å². The van der Waals surface area contributed by atoms with Gasteiger partial charge in [0.15, 0.2) is 0 Å². The molecule has 1 saturated heterocycles. The zero-order valence-electron chi connectivity index (χ0n) is 48.2. The molecule has 0 radical (unpaired) electrons. The maximum Gasteiger partial charge on any atom is 0.248 e. The second kappa shape index (κ2) is 31.4. The van der Waals surface area contributed by atoms with E-state index in [1.807, 2.05) is 82.5 Å². The number of nitrogens with zero attached hydrogens (tertiary/aromatic N) is 7. The molecule has 3 unspecified atom stereocenters. The highest BCUT2D eigenvalue weighted by molar-refractivity contribution is 7.98. The summed E-state index contributed by atoms with van der Waals surface area (Å²) in [6.07, 6.45) is 4.01. The molecule has 0 saturated carbocycles.